The van der Waals surface area contributed by atoms with Gasteiger partial charge in [0, 0.05) is 0 Å². The van der Waals surface area contributed by atoms with Gasteiger partial charge in [0.1, 0.15) is 17.8 Å². The predicted octanol–water partition coefficient (Wildman–Crippen LogP) is 4.12. The monoisotopic (exact) mass is 424 g/mol. The van der Waals surface area contributed by atoms with Gasteiger partial charge >= 0.3 is 5.97 Å². The number of carbonyl (C=O) groups excluding carboxylic acids is 2. The van der Waals surface area contributed by atoms with Crippen LogP contribution in [0.1, 0.15) is 23.5 Å². The Balaban J connectivity index is 2.15. The number of rotatable bonds is 6. The van der Waals surface area contributed by atoms with Gasteiger partial charge < -0.3 is 14.0 Å². The van der Waals surface area contributed by atoms with Gasteiger partial charge in [0.2, 0.25) is 0 Å². The van der Waals surface area contributed by atoms with E-state index in [0.29, 0.717) is 31.9 Å². The molecule has 3 aromatic rings. The number of para-hydroxylation sites is 1. The molecule has 1 aromatic carbocycles. The van der Waals surface area contributed by atoms with Crippen molar-refractivity contribution in [1.29, 1.82) is 0 Å². The van der Waals surface area contributed by atoms with E-state index in [2.05, 4.69) is 4.99 Å². The van der Waals surface area contributed by atoms with E-state index in [9.17, 15) is 9.59 Å². The molecule has 0 spiro atoms. The van der Waals surface area contributed by atoms with Crippen molar-refractivity contribution in [1.82, 2.24) is 4.57 Å². The fourth-order valence-corrected chi connectivity index (χ4v) is 4.48. The Kier molecular flexibility index (Phi) is 6.30. The second-order valence-corrected chi connectivity index (χ2v) is 8.06. The molecule has 0 aliphatic carbocycles. The van der Waals surface area contributed by atoms with E-state index < -0.39 is 11.9 Å². The molecule has 3 rings (SSSR count). The molecule has 142 valence electrons. The van der Waals surface area contributed by atoms with E-state index in [0.717, 1.165) is 16.0 Å². The molecular formula is C18H17ClN2O4S2. The van der Waals surface area contributed by atoms with Crippen molar-refractivity contribution in [3.8, 4) is 5.75 Å². The van der Waals surface area contributed by atoms with Crippen LogP contribution in [0.15, 0.2) is 35.3 Å². The van der Waals surface area contributed by atoms with Crippen LogP contribution in [0, 0.1) is 0 Å². The Morgan fingerprint density at radius 1 is 1.15 bits per heavy atom. The number of hydrogen-bond acceptors (Lipinski definition) is 6. The summed E-state index contributed by atoms with van der Waals surface area (Å²) < 4.78 is 13.8. The molecular weight excluding hydrogens is 408 g/mol. The fourth-order valence-electron chi connectivity index (χ4n) is 2.51. The minimum absolute atomic E-state index is 0.0603. The lowest BCUT2D eigenvalue weighted by Gasteiger charge is -2.09. The van der Waals surface area contributed by atoms with Crippen molar-refractivity contribution >= 4 is 56.4 Å². The number of halogens is 1. The number of fused-ring (bicyclic) bond motifs is 1. The lowest BCUT2D eigenvalue weighted by Crippen LogP contribution is -2.23. The van der Waals surface area contributed by atoms with Crippen LogP contribution in [-0.2, 0) is 16.1 Å². The Morgan fingerprint density at radius 2 is 1.96 bits per heavy atom. The van der Waals surface area contributed by atoms with Gasteiger partial charge in [0.25, 0.3) is 5.91 Å². The standard InChI is InChI=1S/C18H17ClN2O4S2/c1-3-24-11-6-5-7-12-16(11)21(10-15(22)25-4-2)18(27-12)20-17(23)13-8-9-14(19)26-13/h5-9H,3-4,10H2,1-2H3. The number of hydrogen-bond donors (Lipinski definition) is 0. The number of ether oxygens (including phenoxy) is 2. The molecule has 0 atom stereocenters. The molecule has 2 heterocycles. The van der Waals surface area contributed by atoms with Gasteiger partial charge in [-0.2, -0.15) is 4.99 Å². The summed E-state index contributed by atoms with van der Waals surface area (Å²) in [4.78, 5) is 29.7. The van der Waals surface area contributed by atoms with Gasteiger partial charge in [0.15, 0.2) is 4.80 Å². The highest BCUT2D eigenvalue weighted by atomic mass is 35.5. The molecule has 2 aromatic heterocycles. The smallest absolute Gasteiger partial charge is 0.326 e. The van der Waals surface area contributed by atoms with E-state index in [1.165, 1.54) is 11.3 Å². The summed E-state index contributed by atoms with van der Waals surface area (Å²) in [5.74, 6) is -0.186. The van der Waals surface area contributed by atoms with E-state index in [4.69, 9.17) is 21.1 Å². The minimum Gasteiger partial charge on any atom is -0.492 e. The lowest BCUT2D eigenvalue weighted by atomic mass is 10.3. The number of esters is 1. The van der Waals surface area contributed by atoms with Crippen LogP contribution >= 0.6 is 34.3 Å². The first-order valence-corrected chi connectivity index (χ1v) is 10.3. The highest BCUT2D eigenvalue weighted by Crippen LogP contribution is 2.28. The zero-order chi connectivity index (χ0) is 19.4. The van der Waals surface area contributed by atoms with Gasteiger partial charge in [-0.15, -0.1) is 11.3 Å². The lowest BCUT2D eigenvalue weighted by molar-refractivity contribution is -0.143. The van der Waals surface area contributed by atoms with Gasteiger partial charge in [-0.3, -0.25) is 9.59 Å². The van der Waals surface area contributed by atoms with Crippen molar-refractivity contribution < 1.29 is 19.1 Å². The number of nitrogens with zero attached hydrogens (tertiary/aromatic N) is 2. The summed E-state index contributed by atoms with van der Waals surface area (Å²) in [6, 6.07) is 8.87. The molecule has 0 N–H and O–H groups in total. The van der Waals surface area contributed by atoms with Crippen LogP contribution in [0.5, 0.6) is 5.75 Å². The molecule has 0 unspecified atom stereocenters. The van der Waals surface area contributed by atoms with Crippen LogP contribution in [0.3, 0.4) is 0 Å². The number of benzene rings is 1. The molecule has 6 nitrogen and oxygen atoms in total. The molecule has 0 bridgehead atoms. The third-order valence-corrected chi connectivity index (χ3v) is 5.80. The third-order valence-electron chi connectivity index (χ3n) is 3.54. The maximum atomic E-state index is 12.5. The molecule has 27 heavy (non-hydrogen) atoms. The van der Waals surface area contributed by atoms with Gasteiger partial charge in [-0.25, -0.2) is 0 Å². The highest BCUT2D eigenvalue weighted by molar-refractivity contribution is 7.18. The zero-order valence-electron chi connectivity index (χ0n) is 14.7. The first-order chi connectivity index (χ1) is 13.0. The number of aromatic nitrogens is 1. The first kappa shape index (κ1) is 19.6. The van der Waals surface area contributed by atoms with E-state index >= 15 is 0 Å². The molecule has 1 amide bonds. The Bertz CT molecular complexity index is 1050. The average molecular weight is 425 g/mol. The summed E-state index contributed by atoms with van der Waals surface area (Å²) in [6.45, 7) is 4.33. The topological polar surface area (TPSA) is 69.9 Å². The molecule has 9 heteroatoms. The maximum Gasteiger partial charge on any atom is 0.326 e. The van der Waals surface area contributed by atoms with Gasteiger partial charge in [-0.05, 0) is 38.1 Å². The Labute approximate surface area is 168 Å². The normalized spacial score (nSPS) is 11.7. The van der Waals surface area contributed by atoms with Crippen LogP contribution in [0.25, 0.3) is 10.2 Å². The second-order valence-electron chi connectivity index (χ2n) is 5.33. The van der Waals surface area contributed by atoms with E-state index in [-0.39, 0.29) is 13.2 Å². The molecule has 0 radical (unpaired) electrons. The highest BCUT2D eigenvalue weighted by Gasteiger charge is 2.16. The summed E-state index contributed by atoms with van der Waals surface area (Å²) in [5, 5.41) is 0. The van der Waals surface area contributed by atoms with Crippen molar-refractivity contribution in [3.05, 3.63) is 44.3 Å². The minimum atomic E-state index is -0.408. The van der Waals surface area contributed by atoms with E-state index in [1.54, 1.807) is 23.6 Å². The number of thiazole rings is 1. The van der Waals surface area contributed by atoms with Crippen LogP contribution in [-0.4, -0.2) is 29.7 Å². The Hall–Kier alpha value is -2.16. The van der Waals surface area contributed by atoms with Crippen LogP contribution < -0.4 is 9.54 Å². The molecule has 0 saturated heterocycles. The maximum absolute atomic E-state index is 12.5. The summed E-state index contributed by atoms with van der Waals surface area (Å²) in [5.41, 5.74) is 0.716. The van der Waals surface area contributed by atoms with Crippen molar-refractivity contribution in [2.45, 2.75) is 20.4 Å². The molecule has 0 aliphatic heterocycles. The molecule has 0 aliphatic rings. The number of thiophene rings is 1. The van der Waals surface area contributed by atoms with Gasteiger partial charge in [0.05, 0.1) is 27.1 Å². The fraction of sp³-hybridized carbons (Fsp3) is 0.278. The van der Waals surface area contributed by atoms with Crippen molar-refractivity contribution in [2.75, 3.05) is 13.2 Å². The number of carbonyl (C=O) groups is 2. The molecule has 0 saturated carbocycles. The van der Waals surface area contributed by atoms with Crippen molar-refractivity contribution in [3.63, 3.8) is 0 Å². The predicted molar refractivity (Wildman–Crippen MR) is 107 cm³/mol. The van der Waals surface area contributed by atoms with Crippen molar-refractivity contribution in [2.24, 2.45) is 4.99 Å². The first-order valence-electron chi connectivity index (χ1n) is 8.28. The van der Waals surface area contributed by atoms with Crippen LogP contribution in [0.4, 0.5) is 0 Å². The zero-order valence-corrected chi connectivity index (χ0v) is 17.1. The summed E-state index contributed by atoms with van der Waals surface area (Å²) in [7, 11) is 0. The third kappa shape index (κ3) is 4.40. The van der Waals surface area contributed by atoms with Gasteiger partial charge in [-0.1, -0.05) is 29.0 Å². The van der Waals surface area contributed by atoms with Crippen LogP contribution in [0.2, 0.25) is 4.34 Å². The second kappa shape index (κ2) is 8.69. The summed E-state index contributed by atoms with van der Waals surface area (Å²) >= 11 is 8.38. The Morgan fingerprint density at radius 3 is 2.63 bits per heavy atom. The largest absolute Gasteiger partial charge is 0.492 e. The summed E-state index contributed by atoms with van der Waals surface area (Å²) in [6.07, 6.45) is 0. The SMILES string of the molecule is CCOC(=O)Cn1c(=NC(=O)c2ccc(Cl)s2)sc2cccc(OCC)c21. The molecule has 0 fully saturated rings. The number of amides is 1. The quantitative estimate of drug-likeness (QED) is 0.558. The van der Waals surface area contributed by atoms with E-state index in [1.807, 2.05) is 25.1 Å². The average Bonchev–Trinajstić information content (AvgIpc) is 3.20.